The van der Waals surface area contributed by atoms with E-state index in [2.05, 4.69) is 15.9 Å². The number of benzene rings is 1. The molecule has 0 amide bonds. The molecule has 0 aromatic heterocycles. The van der Waals surface area contributed by atoms with Crippen LogP contribution in [0, 0.1) is 0 Å². The van der Waals surface area contributed by atoms with E-state index in [9.17, 15) is 4.79 Å². The summed E-state index contributed by atoms with van der Waals surface area (Å²) in [6.07, 6.45) is 2.87. The lowest BCUT2D eigenvalue weighted by atomic mass is 10.2. The van der Waals surface area contributed by atoms with E-state index in [0.29, 0.717) is 11.5 Å². The zero-order chi connectivity index (χ0) is 12.1. The standard InChI is InChI=1S/C11H10BrClO3/c1-15-9-6-7(3-4-10(13)14)5-8(12)11(9)16-2/h3-6H,1-2H3. The van der Waals surface area contributed by atoms with Gasteiger partial charge in [-0.05, 0) is 57.4 Å². The molecule has 86 valence electrons. The molecule has 0 saturated heterocycles. The van der Waals surface area contributed by atoms with Crippen molar-refractivity contribution in [3.05, 3.63) is 28.2 Å². The van der Waals surface area contributed by atoms with Gasteiger partial charge in [0, 0.05) is 0 Å². The molecule has 0 aliphatic heterocycles. The van der Waals surface area contributed by atoms with Crippen LogP contribution in [0.3, 0.4) is 0 Å². The van der Waals surface area contributed by atoms with Crippen LogP contribution in [0.25, 0.3) is 6.08 Å². The zero-order valence-electron chi connectivity index (χ0n) is 8.79. The van der Waals surface area contributed by atoms with E-state index in [1.807, 2.05) is 0 Å². The molecule has 0 bridgehead atoms. The lowest BCUT2D eigenvalue weighted by molar-refractivity contribution is -0.107. The van der Waals surface area contributed by atoms with Crippen LogP contribution >= 0.6 is 27.5 Å². The number of methoxy groups -OCH3 is 2. The average molecular weight is 306 g/mol. The zero-order valence-corrected chi connectivity index (χ0v) is 11.1. The Labute approximate surface area is 107 Å². The minimum atomic E-state index is -0.522. The van der Waals surface area contributed by atoms with Crippen molar-refractivity contribution in [2.75, 3.05) is 14.2 Å². The number of rotatable bonds is 4. The van der Waals surface area contributed by atoms with Crippen molar-refractivity contribution < 1.29 is 14.3 Å². The number of carbonyl (C=O) groups is 1. The molecule has 1 aromatic carbocycles. The molecular weight excluding hydrogens is 295 g/mol. The third-order valence-corrected chi connectivity index (χ3v) is 2.58. The molecule has 0 unspecified atom stereocenters. The highest BCUT2D eigenvalue weighted by atomic mass is 79.9. The number of ether oxygens (including phenoxy) is 2. The SMILES string of the molecule is COc1cc(C=CC(=O)Cl)cc(Br)c1OC. The minimum Gasteiger partial charge on any atom is -0.493 e. The molecule has 1 rings (SSSR count). The lowest BCUT2D eigenvalue weighted by Crippen LogP contribution is -1.92. The summed E-state index contributed by atoms with van der Waals surface area (Å²) >= 11 is 8.56. The second-order valence-corrected chi connectivity index (χ2v) is 4.10. The predicted molar refractivity (Wildman–Crippen MR) is 67.1 cm³/mol. The molecule has 1 aromatic rings. The first-order valence-corrected chi connectivity index (χ1v) is 5.54. The highest BCUT2D eigenvalue weighted by molar-refractivity contribution is 9.10. The first kappa shape index (κ1) is 13.1. The van der Waals surface area contributed by atoms with Gasteiger partial charge in [0.15, 0.2) is 11.5 Å². The van der Waals surface area contributed by atoms with Crippen molar-refractivity contribution in [1.82, 2.24) is 0 Å². The summed E-state index contributed by atoms with van der Waals surface area (Å²) in [5.74, 6) is 1.19. The van der Waals surface area contributed by atoms with Crippen molar-refractivity contribution in [2.24, 2.45) is 0 Å². The van der Waals surface area contributed by atoms with Crippen molar-refractivity contribution in [1.29, 1.82) is 0 Å². The normalized spacial score (nSPS) is 10.5. The number of halogens is 2. The maximum atomic E-state index is 10.6. The van der Waals surface area contributed by atoms with Crippen LogP contribution in [-0.4, -0.2) is 19.5 Å². The molecule has 0 aliphatic rings. The van der Waals surface area contributed by atoms with Crippen LogP contribution in [0.2, 0.25) is 0 Å². The van der Waals surface area contributed by atoms with E-state index < -0.39 is 5.24 Å². The second kappa shape index (κ2) is 5.92. The fourth-order valence-corrected chi connectivity index (χ4v) is 1.88. The molecule has 16 heavy (non-hydrogen) atoms. The Morgan fingerprint density at radius 2 is 2.06 bits per heavy atom. The number of hydrogen-bond donors (Lipinski definition) is 0. The van der Waals surface area contributed by atoms with Gasteiger partial charge in [-0.2, -0.15) is 0 Å². The molecular formula is C11H10BrClO3. The highest BCUT2D eigenvalue weighted by Crippen LogP contribution is 2.36. The minimum absolute atomic E-state index is 0.522. The van der Waals surface area contributed by atoms with Gasteiger partial charge in [-0.25, -0.2) is 0 Å². The molecule has 0 spiro atoms. The summed E-state index contributed by atoms with van der Waals surface area (Å²) in [6, 6.07) is 3.55. The third-order valence-electron chi connectivity index (χ3n) is 1.86. The predicted octanol–water partition coefficient (Wildman–Crippen LogP) is 3.24. The quantitative estimate of drug-likeness (QED) is 0.633. The Hall–Kier alpha value is -1.00. The van der Waals surface area contributed by atoms with E-state index in [1.165, 1.54) is 6.08 Å². The summed E-state index contributed by atoms with van der Waals surface area (Å²) in [7, 11) is 3.10. The van der Waals surface area contributed by atoms with E-state index in [0.717, 1.165) is 10.0 Å². The largest absolute Gasteiger partial charge is 0.493 e. The van der Waals surface area contributed by atoms with Crippen LogP contribution in [0.15, 0.2) is 22.7 Å². The Morgan fingerprint density at radius 3 is 2.56 bits per heavy atom. The van der Waals surface area contributed by atoms with Gasteiger partial charge < -0.3 is 9.47 Å². The molecule has 5 heteroatoms. The maximum Gasteiger partial charge on any atom is 0.245 e. The molecule has 0 aliphatic carbocycles. The van der Waals surface area contributed by atoms with Crippen LogP contribution in [0.4, 0.5) is 0 Å². The van der Waals surface area contributed by atoms with Crippen LogP contribution in [0.5, 0.6) is 11.5 Å². The Bertz CT molecular complexity index is 429. The van der Waals surface area contributed by atoms with Gasteiger partial charge in [0.25, 0.3) is 0 Å². The van der Waals surface area contributed by atoms with Gasteiger partial charge in [0.05, 0.1) is 18.7 Å². The van der Waals surface area contributed by atoms with Crippen LogP contribution < -0.4 is 9.47 Å². The lowest BCUT2D eigenvalue weighted by Gasteiger charge is -2.10. The average Bonchev–Trinajstić information content (AvgIpc) is 2.25. The van der Waals surface area contributed by atoms with E-state index in [1.54, 1.807) is 32.4 Å². The molecule has 0 heterocycles. The molecule has 0 radical (unpaired) electrons. The number of carbonyl (C=O) groups excluding carboxylic acids is 1. The Morgan fingerprint density at radius 1 is 1.38 bits per heavy atom. The number of allylic oxidation sites excluding steroid dienone is 1. The van der Waals surface area contributed by atoms with E-state index in [4.69, 9.17) is 21.1 Å². The van der Waals surface area contributed by atoms with Gasteiger partial charge >= 0.3 is 0 Å². The molecule has 0 atom stereocenters. The monoisotopic (exact) mass is 304 g/mol. The fraction of sp³-hybridized carbons (Fsp3) is 0.182. The molecule has 0 N–H and O–H groups in total. The first-order chi connectivity index (χ1) is 7.58. The Balaban J connectivity index is 3.15. The van der Waals surface area contributed by atoms with Crippen LogP contribution in [-0.2, 0) is 4.79 Å². The summed E-state index contributed by atoms with van der Waals surface area (Å²) in [4.78, 5) is 10.6. The summed E-state index contributed by atoms with van der Waals surface area (Å²) in [6.45, 7) is 0. The molecule has 3 nitrogen and oxygen atoms in total. The third kappa shape index (κ3) is 3.25. The molecule has 0 saturated carbocycles. The van der Waals surface area contributed by atoms with E-state index >= 15 is 0 Å². The fourth-order valence-electron chi connectivity index (χ4n) is 1.20. The topological polar surface area (TPSA) is 35.5 Å². The van der Waals surface area contributed by atoms with Crippen molar-refractivity contribution in [3.8, 4) is 11.5 Å². The number of hydrogen-bond acceptors (Lipinski definition) is 3. The van der Waals surface area contributed by atoms with Crippen molar-refractivity contribution in [2.45, 2.75) is 0 Å². The molecule has 0 fully saturated rings. The van der Waals surface area contributed by atoms with Gasteiger partial charge in [0.2, 0.25) is 5.24 Å². The second-order valence-electron chi connectivity index (χ2n) is 2.88. The summed E-state index contributed by atoms with van der Waals surface area (Å²) in [5, 5.41) is -0.522. The van der Waals surface area contributed by atoms with E-state index in [-0.39, 0.29) is 0 Å². The van der Waals surface area contributed by atoms with Gasteiger partial charge in [-0.3, -0.25) is 4.79 Å². The van der Waals surface area contributed by atoms with Crippen molar-refractivity contribution >= 4 is 38.8 Å². The van der Waals surface area contributed by atoms with Crippen molar-refractivity contribution in [3.63, 3.8) is 0 Å². The van der Waals surface area contributed by atoms with Gasteiger partial charge in [-0.1, -0.05) is 0 Å². The van der Waals surface area contributed by atoms with Gasteiger partial charge in [-0.15, -0.1) is 0 Å². The van der Waals surface area contributed by atoms with Crippen LogP contribution in [0.1, 0.15) is 5.56 Å². The summed E-state index contributed by atoms with van der Waals surface area (Å²) < 4.78 is 11.1. The Kier molecular flexibility index (Phi) is 4.83. The maximum absolute atomic E-state index is 10.6. The first-order valence-electron chi connectivity index (χ1n) is 4.37. The smallest absolute Gasteiger partial charge is 0.245 e. The summed E-state index contributed by atoms with van der Waals surface area (Å²) in [5.41, 5.74) is 0.790. The highest BCUT2D eigenvalue weighted by Gasteiger charge is 2.09. The van der Waals surface area contributed by atoms with Gasteiger partial charge in [0.1, 0.15) is 0 Å².